The fourth-order valence-corrected chi connectivity index (χ4v) is 4.06. The monoisotopic (exact) mass is 276 g/mol. The Hall–Kier alpha value is -1.65. The van der Waals surface area contributed by atoms with E-state index in [-0.39, 0.29) is 41.4 Å². The number of amides is 3. The highest BCUT2D eigenvalue weighted by Gasteiger charge is 2.58. The summed E-state index contributed by atoms with van der Waals surface area (Å²) >= 11 is 0. The normalized spacial score (nSPS) is 36.2. The van der Waals surface area contributed by atoms with Gasteiger partial charge in [0.2, 0.25) is 17.7 Å². The molecule has 1 saturated heterocycles. The van der Waals surface area contributed by atoms with Crippen LogP contribution in [0.15, 0.2) is 12.2 Å². The van der Waals surface area contributed by atoms with Gasteiger partial charge in [0.15, 0.2) is 0 Å². The van der Waals surface area contributed by atoms with Crippen molar-refractivity contribution in [1.29, 1.82) is 0 Å². The van der Waals surface area contributed by atoms with Gasteiger partial charge in [-0.15, -0.1) is 0 Å². The molecule has 0 spiro atoms. The van der Waals surface area contributed by atoms with Crippen molar-refractivity contribution in [3.05, 3.63) is 12.2 Å². The number of hydrogen-bond donors (Lipinski definition) is 1. The van der Waals surface area contributed by atoms with Crippen LogP contribution in [0.3, 0.4) is 0 Å². The number of imide groups is 1. The Morgan fingerprint density at radius 1 is 1.25 bits per heavy atom. The molecule has 0 aromatic rings. The molecule has 0 aromatic heterocycles. The van der Waals surface area contributed by atoms with Crippen LogP contribution < -0.4 is 5.32 Å². The minimum absolute atomic E-state index is 0.144. The molecule has 1 N–H and O–H groups in total. The predicted octanol–water partition coefficient (Wildman–Crippen LogP) is 0.708. The molecule has 1 aliphatic heterocycles. The number of carbonyl (C=O) groups is 3. The molecule has 2 bridgehead atoms. The maximum atomic E-state index is 12.7. The highest BCUT2D eigenvalue weighted by molar-refractivity contribution is 6.09. The van der Waals surface area contributed by atoms with Crippen LogP contribution in [-0.4, -0.2) is 35.7 Å². The molecule has 3 aliphatic carbocycles. The van der Waals surface area contributed by atoms with E-state index in [9.17, 15) is 14.4 Å². The van der Waals surface area contributed by atoms with Gasteiger partial charge in [-0.1, -0.05) is 19.1 Å². The SMILES string of the molecule is CCC(C(=O)NC)N1C(=O)C2C3C=CC(CC3)C2C1=O. The first-order valence-electron chi connectivity index (χ1n) is 7.37. The van der Waals surface area contributed by atoms with E-state index in [2.05, 4.69) is 17.5 Å². The van der Waals surface area contributed by atoms with Crippen molar-refractivity contribution < 1.29 is 14.4 Å². The minimum Gasteiger partial charge on any atom is -0.357 e. The quantitative estimate of drug-likeness (QED) is 0.610. The first-order chi connectivity index (χ1) is 9.60. The molecule has 3 amide bonds. The van der Waals surface area contributed by atoms with Crippen molar-refractivity contribution >= 4 is 17.7 Å². The molecular weight excluding hydrogens is 256 g/mol. The maximum absolute atomic E-state index is 12.7. The summed E-state index contributed by atoms with van der Waals surface area (Å²) in [6, 6.07) is -0.662. The zero-order valence-corrected chi connectivity index (χ0v) is 11.8. The Kier molecular flexibility index (Phi) is 3.15. The van der Waals surface area contributed by atoms with Gasteiger partial charge in [-0.25, -0.2) is 0 Å². The number of hydrogen-bond acceptors (Lipinski definition) is 3. The fraction of sp³-hybridized carbons (Fsp3) is 0.667. The van der Waals surface area contributed by atoms with Crippen molar-refractivity contribution in [2.45, 2.75) is 32.2 Å². The molecule has 1 heterocycles. The Balaban J connectivity index is 1.94. The molecule has 5 atom stereocenters. The summed E-state index contributed by atoms with van der Waals surface area (Å²) in [5, 5.41) is 2.55. The first-order valence-corrected chi connectivity index (χ1v) is 7.37. The number of allylic oxidation sites excluding steroid dienone is 2. The number of fused-ring (bicyclic) bond motifs is 1. The minimum atomic E-state index is -0.662. The summed E-state index contributed by atoms with van der Waals surface area (Å²) in [7, 11) is 1.54. The van der Waals surface area contributed by atoms with E-state index in [0.29, 0.717) is 6.42 Å². The number of nitrogens with zero attached hydrogens (tertiary/aromatic N) is 1. The van der Waals surface area contributed by atoms with Gasteiger partial charge in [-0.2, -0.15) is 0 Å². The molecule has 2 fully saturated rings. The molecule has 4 aliphatic rings. The lowest BCUT2D eigenvalue weighted by Gasteiger charge is -2.38. The Labute approximate surface area is 118 Å². The second kappa shape index (κ2) is 4.72. The Bertz CT molecular complexity index is 467. The van der Waals surface area contributed by atoms with E-state index < -0.39 is 6.04 Å². The lowest BCUT2D eigenvalue weighted by atomic mass is 9.63. The van der Waals surface area contributed by atoms with Crippen molar-refractivity contribution in [2.75, 3.05) is 7.05 Å². The lowest BCUT2D eigenvalue weighted by molar-refractivity contribution is -0.148. The summed E-state index contributed by atoms with van der Waals surface area (Å²) in [5.74, 6) is -0.658. The number of nitrogens with one attached hydrogen (secondary N) is 1. The van der Waals surface area contributed by atoms with Gasteiger partial charge >= 0.3 is 0 Å². The number of likely N-dealkylation sites (N-methyl/N-ethyl adjacent to an activating group) is 1. The summed E-state index contributed by atoms with van der Waals surface area (Å²) in [5.41, 5.74) is 0. The highest BCUT2D eigenvalue weighted by Crippen LogP contribution is 2.50. The van der Waals surface area contributed by atoms with Gasteiger partial charge in [0.05, 0.1) is 11.8 Å². The van der Waals surface area contributed by atoms with Crippen LogP contribution in [-0.2, 0) is 14.4 Å². The van der Waals surface area contributed by atoms with Crippen LogP contribution >= 0.6 is 0 Å². The van der Waals surface area contributed by atoms with Crippen LogP contribution in [0.5, 0.6) is 0 Å². The van der Waals surface area contributed by atoms with Crippen LogP contribution in [0.25, 0.3) is 0 Å². The third-order valence-corrected chi connectivity index (χ3v) is 5.04. The van der Waals surface area contributed by atoms with Gasteiger partial charge in [-0.3, -0.25) is 19.3 Å². The van der Waals surface area contributed by atoms with Crippen LogP contribution in [0.1, 0.15) is 26.2 Å². The van der Waals surface area contributed by atoms with Gasteiger partial charge in [0.25, 0.3) is 0 Å². The van der Waals surface area contributed by atoms with E-state index in [1.807, 2.05) is 6.92 Å². The number of rotatable bonds is 3. The first kappa shape index (κ1) is 13.3. The van der Waals surface area contributed by atoms with E-state index in [4.69, 9.17) is 0 Å². The molecule has 5 heteroatoms. The smallest absolute Gasteiger partial charge is 0.243 e. The number of likely N-dealkylation sites (tertiary alicyclic amines) is 1. The van der Waals surface area contributed by atoms with Crippen molar-refractivity contribution in [3.63, 3.8) is 0 Å². The fourth-order valence-electron chi connectivity index (χ4n) is 4.06. The standard InChI is InChI=1S/C15H20N2O3/c1-3-10(13(18)16-2)17-14(19)11-8-4-5-9(7-6-8)12(11)15(17)20/h4-5,8-12H,3,6-7H2,1-2H3,(H,16,18). The Morgan fingerprint density at radius 2 is 1.75 bits per heavy atom. The molecule has 20 heavy (non-hydrogen) atoms. The summed E-state index contributed by atoms with van der Waals surface area (Å²) in [4.78, 5) is 38.5. The van der Waals surface area contributed by atoms with Gasteiger partial charge < -0.3 is 5.32 Å². The molecule has 108 valence electrons. The second-order valence-electron chi connectivity index (χ2n) is 5.93. The van der Waals surface area contributed by atoms with E-state index >= 15 is 0 Å². The summed E-state index contributed by atoms with van der Waals surface area (Å²) < 4.78 is 0. The molecule has 5 unspecified atom stereocenters. The zero-order chi connectivity index (χ0) is 14.4. The third-order valence-electron chi connectivity index (χ3n) is 5.04. The van der Waals surface area contributed by atoms with E-state index in [0.717, 1.165) is 12.8 Å². The molecule has 5 nitrogen and oxygen atoms in total. The van der Waals surface area contributed by atoms with Crippen molar-refractivity contribution in [2.24, 2.45) is 23.7 Å². The molecule has 0 aromatic carbocycles. The van der Waals surface area contributed by atoms with Crippen molar-refractivity contribution in [3.8, 4) is 0 Å². The van der Waals surface area contributed by atoms with Crippen molar-refractivity contribution in [1.82, 2.24) is 10.2 Å². The molecule has 4 rings (SSSR count). The third kappa shape index (κ3) is 1.65. The topological polar surface area (TPSA) is 66.5 Å². The van der Waals surface area contributed by atoms with E-state index in [1.165, 1.54) is 11.9 Å². The van der Waals surface area contributed by atoms with Gasteiger partial charge in [0.1, 0.15) is 6.04 Å². The van der Waals surface area contributed by atoms with Crippen LogP contribution in [0.2, 0.25) is 0 Å². The number of carbonyl (C=O) groups excluding carboxylic acids is 3. The average molecular weight is 276 g/mol. The largest absolute Gasteiger partial charge is 0.357 e. The second-order valence-corrected chi connectivity index (χ2v) is 5.93. The zero-order valence-electron chi connectivity index (χ0n) is 11.8. The average Bonchev–Trinajstić information content (AvgIpc) is 2.76. The molecule has 1 saturated carbocycles. The maximum Gasteiger partial charge on any atom is 0.243 e. The van der Waals surface area contributed by atoms with Gasteiger partial charge in [-0.05, 0) is 31.1 Å². The van der Waals surface area contributed by atoms with E-state index in [1.54, 1.807) is 0 Å². The Morgan fingerprint density at radius 3 is 2.10 bits per heavy atom. The van der Waals surface area contributed by atoms with Crippen LogP contribution in [0, 0.1) is 23.7 Å². The molecular formula is C15H20N2O3. The predicted molar refractivity (Wildman–Crippen MR) is 72.3 cm³/mol. The molecule has 0 radical (unpaired) electrons. The van der Waals surface area contributed by atoms with Crippen LogP contribution in [0.4, 0.5) is 0 Å². The lowest BCUT2D eigenvalue weighted by Crippen LogP contribution is -2.49. The van der Waals surface area contributed by atoms with Gasteiger partial charge in [0, 0.05) is 7.05 Å². The summed E-state index contributed by atoms with van der Waals surface area (Å²) in [6.45, 7) is 1.83. The highest BCUT2D eigenvalue weighted by atomic mass is 16.2. The summed E-state index contributed by atoms with van der Waals surface area (Å²) in [6.07, 6.45) is 6.59.